The van der Waals surface area contributed by atoms with Crippen LogP contribution in [0.1, 0.15) is 32.9 Å². The fourth-order valence-electron chi connectivity index (χ4n) is 2.93. The summed E-state index contributed by atoms with van der Waals surface area (Å²) in [6.45, 7) is 5.32. The number of amides is 2. The van der Waals surface area contributed by atoms with Crippen molar-refractivity contribution in [2.75, 3.05) is 44.7 Å². The maximum absolute atomic E-state index is 12.3. The van der Waals surface area contributed by atoms with Gasteiger partial charge in [0.1, 0.15) is 0 Å². The van der Waals surface area contributed by atoms with Crippen LogP contribution in [0, 0.1) is 0 Å². The third kappa shape index (κ3) is 6.16. The van der Waals surface area contributed by atoms with Crippen LogP contribution in [0.15, 0.2) is 41.8 Å². The maximum Gasteiger partial charge on any atom is 0.265 e. The molecule has 2 amide bonds. The SMILES string of the molecule is O=C(NCCCCN1CCOCC1)c1cccc(NC(=O)c2cccs2)c1. The van der Waals surface area contributed by atoms with Gasteiger partial charge < -0.3 is 15.4 Å². The molecule has 2 N–H and O–H groups in total. The molecule has 0 unspecified atom stereocenters. The van der Waals surface area contributed by atoms with E-state index in [0.717, 1.165) is 45.7 Å². The second kappa shape index (κ2) is 10.2. The molecule has 1 fully saturated rings. The Hall–Kier alpha value is -2.22. The highest BCUT2D eigenvalue weighted by atomic mass is 32.1. The number of nitrogens with zero attached hydrogens (tertiary/aromatic N) is 1. The van der Waals surface area contributed by atoms with E-state index < -0.39 is 0 Å². The first kappa shape index (κ1) is 19.5. The van der Waals surface area contributed by atoms with E-state index in [2.05, 4.69) is 15.5 Å². The van der Waals surface area contributed by atoms with E-state index in [1.165, 1.54) is 11.3 Å². The van der Waals surface area contributed by atoms with Crippen LogP contribution >= 0.6 is 11.3 Å². The number of benzene rings is 1. The van der Waals surface area contributed by atoms with E-state index in [-0.39, 0.29) is 11.8 Å². The van der Waals surface area contributed by atoms with Crippen molar-refractivity contribution in [3.05, 3.63) is 52.2 Å². The number of nitrogens with one attached hydrogen (secondary N) is 2. The van der Waals surface area contributed by atoms with Crippen LogP contribution in [-0.4, -0.2) is 56.1 Å². The zero-order valence-corrected chi connectivity index (χ0v) is 16.1. The van der Waals surface area contributed by atoms with Gasteiger partial charge in [-0.05, 0) is 49.0 Å². The molecule has 1 aromatic carbocycles. The molecule has 0 spiro atoms. The monoisotopic (exact) mass is 387 g/mol. The molecule has 1 aliphatic heterocycles. The molecule has 144 valence electrons. The van der Waals surface area contributed by atoms with Gasteiger partial charge >= 0.3 is 0 Å². The van der Waals surface area contributed by atoms with E-state index in [1.54, 1.807) is 30.3 Å². The molecular formula is C20H25N3O3S. The van der Waals surface area contributed by atoms with Crippen molar-refractivity contribution in [1.82, 2.24) is 10.2 Å². The number of carbonyl (C=O) groups is 2. The Bertz CT molecular complexity index is 743. The van der Waals surface area contributed by atoms with Crippen LogP contribution in [0.2, 0.25) is 0 Å². The first-order valence-electron chi connectivity index (χ1n) is 9.25. The van der Waals surface area contributed by atoms with E-state index >= 15 is 0 Å². The zero-order valence-electron chi connectivity index (χ0n) is 15.3. The Morgan fingerprint density at radius 3 is 2.70 bits per heavy atom. The molecule has 2 heterocycles. The van der Waals surface area contributed by atoms with Crippen LogP contribution in [0.3, 0.4) is 0 Å². The van der Waals surface area contributed by atoms with Crippen molar-refractivity contribution in [1.29, 1.82) is 0 Å². The van der Waals surface area contributed by atoms with Gasteiger partial charge in [-0.3, -0.25) is 14.5 Å². The zero-order chi connectivity index (χ0) is 18.9. The summed E-state index contributed by atoms with van der Waals surface area (Å²) in [6, 6.07) is 10.6. The molecule has 6 nitrogen and oxygen atoms in total. The largest absolute Gasteiger partial charge is 0.379 e. The highest BCUT2D eigenvalue weighted by Crippen LogP contribution is 2.15. The topological polar surface area (TPSA) is 70.7 Å². The van der Waals surface area contributed by atoms with Crippen molar-refractivity contribution < 1.29 is 14.3 Å². The number of rotatable bonds is 8. The minimum absolute atomic E-state index is 0.117. The average molecular weight is 388 g/mol. The molecule has 0 aliphatic carbocycles. The molecule has 1 saturated heterocycles. The smallest absolute Gasteiger partial charge is 0.265 e. The van der Waals surface area contributed by atoms with E-state index in [0.29, 0.717) is 22.7 Å². The second-order valence-corrected chi connectivity index (χ2v) is 7.38. The Balaban J connectivity index is 1.41. The summed E-state index contributed by atoms with van der Waals surface area (Å²) in [5, 5.41) is 7.64. The minimum atomic E-state index is -0.161. The molecular weight excluding hydrogens is 362 g/mol. The summed E-state index contributed by atoms with van der Waals surface area (Å²) in [7, 11) is 0. The van der Waals surface area contributed by atoms with Crippen LogP contribution < -0.4 is 10.6 Å². The lowest BCUT2D eigenvalue weighted by molar-refractivity contribution is 0.0372. The van der Waals surface area contributed by atoms with Crippen LogP contribution in [0.4, 0.5) is 5.69 Å². The van der Waals surface area contributed by atoms with Gasteiger partial charge in [-0.25, -0.2) is 0 Å². The van der Waals surface area contributed by atoms with Crippen molar-refractivity contribution in [3.63, 3.8) is 0 Å². The molecule has 7 heteroatoms. The predicted octanol–water partition coefficient (Wildman–Crippen LogP) is 2.84. The van der Waals surface area contributed by atoms with Crippen LogP contribution in [0.25, 0.3) is 0 Å². The number of ether oxygens (including phenoxy) is 1. The highest BCUT2D eigenvalue weighted by Gasteiger charge is 2.11. The number of hydrogen-bond donors (Lipinski definition) is 2. The molecule has 27 heavy (non-hydrogen) atoms. The summed E-state index contributed by atoms with van der Waals surface area (Å²) in [5.41, 5.74) is 1.17. The quantitative estimate of drug-likeness (QED) is 0.684. The summed E-state index contributed by atoms with van der Waals surface area (Å²) >= 11 is 1.38. The summed E-state index contributed by atoms with van der Waals surface area (Å²) in [6.07, 6.45) is 2.00. The van der Waals surface area contributed by atoms with Gasteiger partial charge in [-0.15, -0.1) is 11.3 Å². The number of carbonyl (C=O) groups excluding carboxylic acids is 2. The normalized spacial score (nSPS) is 14.7. The van der Waals surface area contributed by atoms with Gasteiger partial charge in [0.25, 0.3) is 11.8 Å². The fourth-order valence-corrected chi connectivity index (χ4v) is 3.55. The third-order valence-electron chi connectivity index (χ3n) is 4.42. The molecule has 0 bridgehead atoms. The number of morpholine rings is 1. The van der Waals surface area contributed by atoms with Crippen molar-refractivity contribution in [3.8, 4) is 0 Å². The van der Waals surface area contributed by atoms with Gasteiger partial charge in [0.05, 0.1) is 18.1 Å². The number of thiophene rings is 1. The Kier molecular flexibility index (Phi) is 7.38. The Morgan fingerprint density at radius 1 is 1.07 bits per heavy atom. The number of unbranched alkanes of at least 4 members (excludes halogenated alkanes) is 1. The van der Waals surface area contributed by atoms with Crippen molar-refractivity contribution in [2.24, 2.45) is 0 Å². The van der Waals surface area contributed by atoms with E-state index in [4.69, 9.17) is 4.74 Å². The lowest BCUT2D eigenvalue weighted by Gasteiger charge is -2.26. The van der Waals surface area contributed by atoms with Gasteiger partial charge in [-0.1, -0.05) is 12.1 Å². The van der Waals surface area contributed by atoms with Gasteiger partial charge in [0.2, 0.25) is 0 Å². The fraction of sp³-hybridized carbons (Fsp3) is 0.400. The average Bonchev–Trinajstić information content (AvgIpc) is 3.24. The van der Waals surface area contributed by atoms with Gasteiger partial charge in [0, 0.05) is 30.9 Å². The first-order valence-corrected chi connectivity index (χ1v) is 10.1. The predicted molar refractivity (Wildman–Crippen MR) is 108 cm³/mol. The first-order chi connectivity index (χ1) is 13.2. The molecule has 1 aliphatic rings. The van der Waals surface area contributed by atoms with Crippen molar-refractivity contribution >= 4 is 28.8 Å². The molecule has 2 aromatic rings. The van der Waals surface area contributed by atoms with Crippen molar-refractivity contribution in [2.45, 2.75) is 12.8 Å². The summed E-state index contributed by atoms with van der Waals surface area (Å²) in [4.78, 5) is 27.5. The standard InChI is InChI=1S/C20H25N3O3S/c24-19(21-8-1-2-9-23-10-12-26-13-11-23)16-5-3-6-17(15-16)22-20(25)18-7-4-14-27-18/h3-7,14-15H,1-2,8-13H2,(H,21,24)(H,22,25). The molecule has 0 atom stereocenters. The molecule has 1 aromatic heterocycles. The second-order valence-electron chi connectivity index (χ2n) is 6.43. The highest BCUT2D eigenvalue weighted by molar-refractivity contribution is 7.12. The lowest BCUT2D eigenvalue weighted by Crippen LogP contribution is -2.37. The summed E-state index contributed by atoms with van der Waals surface area (Å²) < 4.78 is 5.34. The Labute approximate surface area is 163 Å². The van der Waals surface area contributed by atoms with Gasteiger partial charge in [0.15, 0.2) is 0 Å². The minimum Gasteiger partial charge on any atom is -0.379 e. The molecule has 3 rings (SSSR count). The molecule has 0 radical (unpaired) electrons. The lowest BCUT2D eigenvalue weighted by atomic mass is 10.2. The van der Waals surface area contributed by atoms with Crippen LogP contribution in [0.5, 0.6) is 0 Å². The van der Waals surface area contributed by atoms with E-state index in [9.17, 15) is 9.59 Å². The number of anilines is 1. The van der Waals surface area contributed by atoms with Gasteiger partial charge in [-0.2, -0.15) is 0 Å². The third-order valence-corrected chi connectivity index (χ3v) is 5.29. The maximum atomic E-state index is 12.3. The number of hydrogen-bond acceptors (Lipinski definition) is 5. The van der Waals surface area contributed by atoms with Crippen LogP contribution in [-0.2, 0) is 4.74 Å². The summed E-state index contributed by atoms with van der Waals surface area (Å²) in [5.74, 6) is -0.278. The molecule has 0 saturated carbocycles. The van der Waals surface area contributed by atoms with E-state index in [1.807, 2.05) is 11.4 Å². The Morgan fingerprint density at radius 2 is 1.93 bits per heavy atom.